The Balaban J connectivity index is 1.71. The molecule has 1 aromatic heterocycles. The highest BCUT2D eigenvalue weighted by atomic mass is 32.1. The fourth-order valence-electron chi connectivity index (χ4n) is 2.06. The number of thiazole rings is 1. The first-order valence-corrected chi connectivity index (χ1v) is 7.85. The second-order valence-corrected chi connectivity index (χ2v) is 6.52. The lowest BCUT2D eigenvalue weighted by atomic mass is 9.86. The fourth-order valence-corrected chi connectivity index (χ4v) is 3.12. The van der Waals surface area contributed by atoms with Crippen LogP contribution in [0.25, 0.3) is 0 Å². The van der Waals surface area contributed by atoms with Gasteiger partial charge in [0, 0.05) is 30.1 Å². The highest BCUT2D eigenvalue weighted by Gasteiger charge is 2.22. The lowest BCUT2D eigenvalue weighted by Crippen LogP contribution is -2.30. The zero-order chi connectivity index (χ0) is 13.0. The molecule has 0 aliphatic heterocycles. The Bertz CT molecular complexity index is 362. The number of hydrogen-bond donors (Lipinski definition) is 2. The molecule has 3 nitrogen and oxygen atoms in total. The number of nitrogens with zero attached hydrogens (tertiary/aromatic N) is 1. The predicted octanol–water partition coefficient (Wildman–Crippen LogP) is 2.91. The monoisotopic (exact) mass is 268 g/mol. The highest BCUT2D eigenvalue weighted by molar-refractivity contribution is 7.11. The fraction of sp³-hybridized carbons (Fsp3) is 0.786. The summed E-state index contributed by atoms with van der Waals surface area (Å²) < 4.78 is 0. The molecule has 1 heterocycles. The first kappa shape index (κ1) is 14.0. The van der Waals surface area contributed by atoms with Crippen molar-refractivity contribution >= 4 is 11.3 Å². The SMILES string of the molecule is CCC(C)C(O)CNCc1cnc(C2CCC2)s1. The molecule has 0 saturated heterocycles. The zero-order valence-corrected chi connectivity index (χ0v) is 12.2. The van der Waals surface area contributed by atoms with Crippen molar-refractivity contribution in [3.63, 3.8) is 0 Å². The average molecular weight is 268 g/mol. The first-order chi connectivity index (χ1) is 8.70. The molecule has 1 saturated carbocycles. The molecule has 0 bridgehead atoms. The van der Waals surface area contributed by atoms with Crippen LogP contribution in [0.2, 0.25) is 0 Å². The number of aliphatic hydroxyl groups excluding tert-OH is 1. The van der Waals surface area contributed by atoms with Crippen LogP contribution in [0.4, 0.5) is 0 Å². The van der Waals surface area contributed by atoms with E-state index in [-0.39, 0.29) is 6.10 Å². The van der Waals surface area contributed by atoms with Gasteiger partial charge in [0.05, 0.1) is 11.1 Å². The largest absolute Gasteiger partial charge is 0.392 e. The molecule has 102 valence electrons. The number of nitrogens with one attached hydrogen (secondary N) is 1. The van der Waals surface area contributed by atoms with E-state index in [2.05, 4.69) is 24.1 Å². The van der Waals surface area contributed by atoms with E-state index in [1.807, 2.05) is 17.5 Å². The predicted molar refractivity (Wildman–Crippen MR) is 75.9 cm³/mol. The van der Waals surface area contributed by atoms with Crippen molar-refractivity contribution in [2.75, 3.05) is 6.54 Å². The van der Waals surface area contributed by atoms with Gasteiger partial charge in [0.2, 0.25) is 0 Å². The van der Waals surface area contributed by atoms with Crippen LogP contribution in [0.1, 0.15) is 55.3 Å². The standard InChI is InChI=1S/C14H24N2OS/c1-3-10(2)13(17)9-15-7-12-8-16-14(18-12)11-5-4-6-11/h8,10-11,13,15,17H,3-7,9H2,1-2H3. The molecule has 4 heteroatoms. The summed E-state index contributed by atoms with van der Waals surface area (Å²) in [6, 6.07) is 0. The maximum absolute atomic E-state index is 9.86. The van der Waals surface area contributed by atoms with E-state index in [1.165, 1.54) is 29.1 Å². The van der Waals surface area contributed by atoms with Crippen LogP contribution in [0.3, 0.4) is 0 Å². The molecular formula is C14H24N2OS. The molecule has 2 rings (SSSR count). The summed E-state index contributed by atoms with van der Waals surface area (Å²) in [5.41, 5.74) is 0. The maximum Gasteiger partial charge on any atom is 0.0959 e. The van der Waals surface area contributed by atoms with Gasteiger partial charge in [0.15, 0.2) is 0 Å². The van der Waals surface area contributed by atoms with Crippen LogP contribution in [-0.4, -0.2) is 22.7 Å². The molecule has 2 N–H and O–H groups in total. The van der Waals surface area contributed by atoms with Crippen molar-refractivity contribution in [1.29, 1.82) is 0 Å². The van der Waals surface area contributed by atoms with Gasteiger partial charge in [0.1, 0.15) is 0 Å². The lowest BCUT2D eigenvalue weighted by molar-refractivity contribution is 0.113. The van der Waals surface area contributed by atoms with Gasteiger partial charge in [-0.3, -0.25) is 0 Å². The number of rotatable bonds is 7. The number of aliphatic hydroxyl groups is 1. The van der Waals surface area contributed by atoms with Crippen LogP contribution in [-0.2, 0) is 6.54 Å². The Labute approximate surface area is 114 Å². The Morgan fingerprint density at radius 1 is 1.56 bits per heavy atom. The van der Waals surface area contributed by atoms with E-state index in [0.717, 1.165) is 18.9 Å². The molecule has 1 aromatic rings. The molecule has 0 amide bonds. The Hall–Kier alpha value is -0.450. The van der Waals surface area contributed by atoms with Gasteiger partial charge < -0.3 is 10.4 Å². The van der Waals surface area contributed by atoms with Gasteiger partial charge in [-0.05, 0) is 18.8 Å². The molecule has 2 atom stereocenters. The smallest absolute Gasteiger partial charge is 0.0959 e. The van der Waals surface area contributed by atoms with Gasteiger partial charge in [-0.1, -0.05) is 26.7 Å². The van der Waals surface area contributed by atoms with Crippen LogP contribution in [0.5, 0.6) is 0 Å². The quantitative estimate of drug-likeness (QED) is 0.799. The van der Waals surface area contributed by atoms with Crippen molar-refractivity contribution in [2.24, 2.45) is 5.92 Å². The Morgan fingerprint density at radius 3 is 2.94 bits per heavy atom. The maximum atomic E-state index is 9.86. The topological polar surface area (TPSA) is 45.1 Å². The van der Waals surface area contributed by atoms with Crippen molar-refractivity contribution in [2.45, 2.75) is 58.1 Å². The average Bonchev–Trinajstić information content (AvgIpc) is 2.74. The van der Waals surface area contributed by atoms with Crippen molar-refractivity contribution in [3.8, 4) is 0 Å². The van der Waals surface area contributed by atoms with E-state index >= 15 is 0 Å². The minimum absolute atomic E-state index is 0.242. The second kappa shape index (κ2) is 6.64. The van der Waals surface area contributed by atoms with Gasteiger partial charge in [0.25, 0.3) is 0 Å². The van der Waals surface area contributed by atoms with Crippen molar-refractivity contribution in [3.05, 3.63) is 16.1 Å². The molecule has 18 heavy (non-hydrogen) atoms. The molecule has 1 fully saturated rings. The molecule has 1 aliphatic carbocycles. The van der Waals surface area contributed by atoms with Crippen molar-refractivity contribution < 1.29 is 5.11 Å². The van der Waals surface area contributed by atoms with Crippen LogP contribution < -0.4 is 5.32 Å². The van der Waals surface area contributed by atoms with Gasteiger partial charge >= 0.3 is 0 Å². The summed E-state index contributed by atoms with van der Waals surface area (Å²) in [6.07, 6.45) is 6.75. The van der Waals surface area contributed by atoms with E-state index in [0.29, 0.717) is 12.5 Å². The third-order valence-electron chi connectivity index (χ3n) is 3.98. The Morgan fingerprint density at radius 2 is 2.33 bits per heavy atom. The molecule has 0 spiro atoms. The summed E-state index contributed by atoms with van der Waals surface area (Å²) in [4.78, 5) is 5.79. The van der Waals surface area contributed by atoms with Crippen LogP contribution in [0, 0.1) is 5.92 Å². The normalized spacial score (nSPS) is 19.5. The third kappa shape index (κ3) is 3.53. The molecule has 0 radical (unpaired) electrons. The summed E-state index contributed by atoms with van der Waals surface area (Å²) in [6.45, 7) is 5.71. The van der Waals surface area contributed by atoms with E-state index < -0.39 is 0 Å². The molecular weight excluding hydrogens is 244 g/mol. The highest BCUT2D eigenvalue weighted by Crippen LogP contribution is 2.38. The van der Waals surface area contributed by atoms with Crippen LogP contribution in [0.15, 0.2) is 6.20 Å². The first-order valence-electron chi connectivity index (χ1n) is 7.04. The third-order valence-corrected chi connectivity index (χ3v) is 5.14. The zero-order valence-electron chi connectivity index (χ0n) is 11.4. The lowest BCUT2D eigenvalue weighted by Gasteiger charge is -2.22. The number of aromatic nitrogens is 1. The summed E-state index contributed by atoms with van der Waals surface area (Å²) in [5, 5.41) is 14.5. The summed E-state index contributed by atoms with van der Waals surface area (Å²) in [7, 11) is 0. The minimum atomic E-state index is -0.242. The summed E-state index contributed by atoms with van der Waals surface area (Å²) in [5.74, 6) is 1.10. The van der Waals surface area contributed by atoms with Crippen molar-refractivity contribution in [1.82, 2.24) is 10.3 Å². The van der Waals surface area contributed by atoms with Gasteiger partial charge in [-0.15, -0.1) is 11.3 Å². The Kier molecular flexibility index (Phi) is 5.15. The number of hydrogen-bond acceptors (Lipinski definition) is 4. The van der Waals surface area contributed by atoms with E-state index in [9.17, 15) is 5.11 Å². The van der Waals surface area contributed by atoms with Gasteiger partial charge in [-0.25, -0.2) is 4.98 Å². The molecule has 2 unspecified atom stereocenters. The minimum Gasteiger partial charge on any atom is -0.392 e. The van der Waals surface area contributed by atoms with Gasteiger partial charge in [-0.2, -0.15) is 0 Å². The van der Waals surface area contributed by atoms with Crippen LogP contribution >= 0.6 is 11.3 Å². The van der Waals surface area contributed by atoms with E-state index in [1.54, 1.807) is 0 Å². The second-order valence-electron chi connectivity index (χ2n) is 5.38. The summed E-state index contributed by atoms with van der Waals surface area (Å²) >= 11 is 1.83. The molecule has 0 aromatic carbocycles. The molecule has 1 aliphatic rings. The van der Waals surface area contributed by atoms with E-state index in [4.69, 9.17) is 0 Å².